The SMILES string of the molecule is OC1(CCc2cccnc2)CC1. The van der Waals surface area contributed by atoms with Crippen molar-refractivity contribution >= 4 is 0 Å². The number of pyridine rings is 1. The van der Waals surface area contributed by atoms with E-state index in [2.05, 4.69) is 11.1 Å². The molecule has 1 aromatic heterocycles. The van der Waals surface area contributed by atoms with Gasteiger partial charge in [0.05, 0.1) is 5.60 Å². The molecule has 0 unspecified atom stereocenters. The maximum Gasteiger partial charge on any atom is 0.0653 e. The van der Waals surface area contributed by atoms with Gasteiger partial charge in [-0.3, -0.25) is 4.98 Å². The standard InChI is InChI=1S/C10H13NO/c12-10(5-6-10)4-3-9-2-1-7-11-8-9/h1-2,7-8,12H,3-6H2. The molecule has 64 valence electrons. The maximum atomic E-state index is 9.57. The number of aliphatic hydroxyl groups is 1. The number of hydrogen-bond acceptors (Lipinski definition) is 2. The highest BCUT2D eigenvalue weighted by molar-refractivity contribution is 5.10. The Labute approximate surface area is 72.3 Å². The highest BCUT2D eigenvalue weighted by atomic mass is 16.3. The van der Waals surface area contributed by atoms with Crippen molar-refractivity contribution in [2.45, 2.75) is 31.3 Å². The van der Waals surface area contributed by atoms with E-state index in [0.717, 1.165) is 25.7 Å². The second kappa shape index (κ2) is 2.87. The van der Waals surface area contributed by atoms with E-state index in [9.17, 15) is 5.11 Å². The van der Waals surface area contributed by atoms with E-state index in [1.807, 2.05) is 12.3 Å². The van der Waals surface area contributed by atoms with Gasteiger partial charge in [-0.25, -0.2) is 0 Å². The van der Waals surface area contributed by atoms with E-state index in [0.29, 0.717) is 0 Å². The fourth-order valence-electron chi connectivity index (χ4n) is 1.32. The predicted molar refractivity (Wildman–Crippen MR) is 46.7 cm³/mol. The Hall–Kier alpha value is -0.890. The normalized spacial score (nSPS) is 19.1. The number of aromatic nitrogens is 1. The Morgan fingerprint density at radius 2 is 2.33 bits per heavy atom. The summed E-state index contributed by atoms with van der Waals surface area (Å²) in [6.07, 6.45) is 7.44. The Kier molecular flexibility index (Phi) is 1.85. The third kappa shape index (κ3) is 1.83. The third-order valence-corrected chi connectivity index (χ3v) is 2.43. The van der Waals surface area contributed by atoms with Crippen LogP contribution >= 0.6 is 0 Å². The van der Waals surface area contributed by atoms with E-state index in [4.69, 9.17) is 0 Å². The molecule has 1 saturated carbocycles. The average Bonchev–Trinajstić information content (AvgIpc) is 2.84. The molecule has 1 aliphatic carbocycles. The first kappa shape index (κ1) is 7.74. The van der Waals surface area contributed by atoms with E-state index in [-0.39, 0.29) is 5.60 Å². The lowest BCUT2D eigenvalue weighted by atomic mass is 10.1. The topological polar surface area (TPSA) is 33.1 Å². The van der Waals surface area contributed by atoms with Gasteiger partial charge < -0.3 is 5.11 Å². The molecule has 12 heavy (non-hydrogen) atoms. The molecule has 0 saturated heterocycles. The predicted octanol–water partition coefficient (Wildman–Crippen LogP) is 1.54. The van der Waals surface area contributed by atoms with Crippen molar-refractivity contribution in [3.05, 3.63) is 30.1 Å². The Balaban J connectivity index is 1.88. The van der Waals surface area contributed by atoms with E-state index >= 15 is 0 Å². The molecule has 2 heteroatoms. The molecule has 0 aromatic carbocycles. The molecule has 1 aromatic rings. The minimum atomic E-state index is -0.324. The minimum Gasteiger partial charge on any atom is -0.390 e. The summed E-state index contributed by atoms with van der Waals surface area (Å²) in [7, 11) is 0. The van der Waals surface area contributed by atoms with Crippen LogP contribution in [0.15, 0.2) is 24.5 Å². The zero-order chi connectivity index (χ0) is 8.44. The lowest BCUT2D eigenvalue weighted by molar-refractivity contribution is 0.140. The highest BCUT2D eigenvalue weighted by Gasteiger charge is 2.39. The summed E-state index contributed by atoms with van der Waals surface area (Å²) in [5.74, 6) is 0. The number of nitrogens with zero attached hydrogens (tertiary/aromatic N) is 1. The Morgan fingerprint density at radius 3 is 2.92 bits per heavy atom. The lowest BCUT2D eigenvalue weighted by Gasteiger charge is -2.05. The lowest BCUT2D eigenvalue weighted by Crippen LogP contribution is -2.07. The molecular formula is C10H13NO. The minimum absolute atomic E-state index is 0.324. The molecule has 1 aliphatic rings. The number of hydrogen-bond donors (Lipinski definition) is 1. The van der Waals surface area contributed by atoms with Crippen LogP contribution in [0.1, 0.15) is 24.8 Å². The second-order valence-electron chi connectivity index (χ2n) is 3.59. The van der Waals surface area contributed by atoms with Gasteiger partial charge in [-0.1, -0.05) is 6.07 Å². The fraction of sp³-hybridized carbons (Fsp3) is 0.500. The summed E-state index contributed by atoms with van der Waals surface area (Å²) in [6.45, 7) is 0. The molecule has 1 N–H and O–H groups in total. The van der Waals surface area contributed by atoms with Crippen LogP contribution in [0, 0.1) is 0 Å². The summed E-state index contributed by atoms with van der Waals surface area (Å²) in [6, 6.07) is 3.99. The van der Waals surface area contributed by atoms with Crippen molar-refractivity contribution in [3.63, 3.8) is 0 Å². The van der Waals surface area contributed by atoms with Crippen LogP contribution in [-0.4, -0.2) is 15.7 Å². The monoisotopic (exact) mass is 163 g/mol. The van der Waals surface area contributed by atoms with Crippen molar-refractivity contribution in [2.75, 3.05) is 0 Å². The van der Waals surface area contributed by atoms with Crippen molar-refractivity contribution in [3.8, 4) is 0 Å². The second-order valence-corrected chi connectivity index (χ2v) is 3.59. The maximum absolute atomic E-state index is 9.57. The number of aryl methyl sites for hydroxylation is 1. The van der Waals surface area contributed by atoms with Crippen LogP contribution in [0.3, 0.4) is 0 Å². The molecule has 0 radical (unpaired) electrons. The van der Waals surface area contributed by atoms with Gasteiger partial charge in [-0.05, 0) is 37.3 Å². The average molecular weight is 163 g/mol. The summed E-state index contributed by atoms with van der Waals surface area (Å²) in [4.78, 5) is 4.02. The first-order valence-corrected chi connectivity index (χ1v) is 4.40. The van der Waals surface area contributed by atoms with Crippen LogP contribution in [0.25, 0.3) is 0 Å². The van der Waals surface area contributed by atoms with Gasteiger partial charge in [-0.2, -0.15) is 0 Å². The van der Waals surface area contributed by atoms with Crippen molar-refractivity contribution in [2.24, 2.45) is 0 Å². The molecule has 0 atom stereocenters. The van der Waals surface area contributed by atoms with Crippen molar-refractivity contribution in [1.82, 2.24) is 4.98 Å². The third-order valence-electron chi connectivity index (χ3n) is 2.43. The van der Waals surface area contributed by atoms with Gasteiger partial charge >= 0.3 is 0 Å². The van der Waals surface area contributed by atoms with Crippen LogP contribution in [0.2, 0.25) is 0 Å². The van der Waals surface area contributed by atoms with Crippen molar-refractivity contribution in [1.29, 1.82) is 0 Å². The van der Waals surface area contributed by atoms with Crippen LogP contribution in [0.4, 0.5) is 0 Å². The number of rotatable bonds is 3. The molecule has 0 amide bonds. The van der Waals surface area contributed by atoms with Gasteiger partial charge in [0.25, 0.3) is 0 Å². The van der Waals surface area contributed by atoms with Gasteiger partial charge in [0, 0.05) is 12.4 Å². The Morgan fingerprint density at radius 1 is 1.50 bits per heavy atom. The molecule has 1 heterocycles. The molecular weight excluding hydrogens is 150 g/mol. The fourth-order valence-corrected chi connectivity index (χ4v) is 1.32. The van der Waals surface area contributed by atoms with E-state index in [1.165, 1.54) is 5.56 Å². The summed E-state index contributed by atoms with van der Waals surface area (Å²) < 4.78 is 0. The molecule has 2 rings (SSSR count). The van der Waals surface area contributed by atoms with Gasteiger partial charge in [0.1, 0.15) is 0 Å². The van der Waals surface area contributed by atoms with E-state index < -0.39 is 0 Å². The molecule has 0 aliphatic heterocycles. The Bertz CT molecular complexity index is 254. The molecule has 0 bridgehead atoms. The largest absolute Gasteiger partial charge is 0.390 e. The quantitative estimate of drug-likeness (QED) is 0.733. The first-order chi connectivity index (χ1) is 5.79. The zero-order valence-corrected chi connectivity index (χ0v) is 7.03. The van der Waals surface area contributed by atoms with Crippen LogP contribution in [0.5, 0.6) is 0 Å². The van der Waals surface area contributed by atoms with Crippen molar-refractivity contribution < 1.29 is 5.11 Å². The highest BCUT2D eigenvalue weighted by Crippen LogP contribution is 2.39. The summed E-state index contributed by atoms with van der Waals surface area (Å²) >= 11 is 0. The van der Waals surface area contributed by atoms with Crippen LogP contribution in [-0.2, 0) is 6.42 Å². The zero-order valence-electron chi connectivity index (χ0n) is 7.03. The smallest absolute Gasteiger partial charge is 0.0653 e. The summed E-state index contributed by atoms with van der Waals surface area (Å²) in [5, 5.41) is 9.57. The van der Waals surface area contributed by atoms with Gasteiger partial charge in [0.15, 0.2) is 0 Å². The van der Waals surface area contributed by atoms with Gasteiger partial charge in [0.2, 0.25) is 0 Å². The summed E-state index contributed by atoms with van der Waals surface area (Å²) in [5.41, 5.74) is 0.897. The van der Waals surface area contributed by atoms with Gasteiger partial charge in [-0.15, -0.1) is 0 Å². The van der Waals surface area contributed by atoms with E-state index in [1.54, 1.807) is 6.20 Å². The first-order valence-electron chi connectivity index (χ1n) is 4.40. The van der Waals surface area contributed by atoms with Crippen LogP contribution < -0.4 is 0 Å². The molecule has 2 nitrogen and oxygen atoms in total. The molecule has 1 fully saturated rings. The molecule has 0 spiro atoms.